The van der Waals surface area contributed by atoms with Crippen LogP contribution in [0.1, 0.15) is 0 Å². The highest BCUT2D eigenvalue weighted by atomic mass is 16.3. The summed E-state index contributed by atoms with van der Waals surface area (Å²) < 4.78 is 0. The van der Waals surface area contributed by atoms with Crippen LogP contribution in [-0.4, -0.2) is 58.2 Å². The van der Waals surface area contributed by atoms with Crippen LogP contribution in [0.3, 0.4) is 0 Å². The van der Waals surface area contributed by atoms with Crippen molar-refractivity contribution in [3.8, 4) is 0 Å². The van der Waals surface area contributed by atoms with Gasteiger partial charge in [0.05, 0.1) is 18.8 Å². The third-order valence-corrected chi connectivity index (χ3v) is 2.68. The molecule has 12 heavy (non-hydrogen) atoms. The molecule has 0 bridgehead atoms. The maximum atomic E-state index is 9.53. The molecule has 2 heterocycles. The van der Waals surface area contributed by atoms with E-state index in [0.29, 0.717) is 6.54 Å². The number of nitrogens with zero attached hydrogens (tertiary/aromatic N) is 1. The molecule has 4 heteroatoms. The van der Waals surface area contributed by atoms with E-state index in [1.165, 1.54) is 0 Å². The van der Waals surface area contributed by atoms with Gasteiger partial charge in [-0.3, -0.25) is 4.90 Å². The van der Waals surface area contributed by atoms with Gasteiger partial charge in [0.25, 0.3) is 0 Å². The van der Waals surface area contributed by atoms with Crippen molar-refractivity contribution in [2.75, 3.05) is 19.7 Å². The highest BCUT2D eigenvalue weighted by molar-refractivity contribution is 5.24. The van der Waals surface area contributed by atoms with Crippen molar-refractivity contribution in [2.45, 2.75) is 18.2 Å². The number of rotatable bonds is 1. The minimum absolute atomic E-state index is 0.0229. The lowest BCUT2D eigenvalue weighted by atomic mass is 10.0. The predicted octanol–water partition coefficient (Wildman–Crippen LogP) is -1.68. The van der Waals surface area contributed by atoms with Gasteiger partial charge in [-0.2, -0.15) is 0 Å². The first-order valence-corrected chi connectivity index (χ1v) is 4.14. The highest BCUT2D eigenvalue weighted by Crippen LogP contribution is 2.28. The molecule has 68 valence electrons. The van der Waals surface area contributed by atoms with Crippen LogP contribution in [0.2, 0.25) is 0 Å². The summed E-state index contributed by atoms with van der Waals surface area (Å²) in [6, 6.07) is -0.148. The number of fused-ring (bicyclic) bond motifs is 1. The van der Waals surface area contributed by atoms with E-state index < -0.39 is 12.2 Å². The molecule has 0 aromatic heterocycles. The standard InChI is InChI=1S/C8H13NO3/c10-4-5-1-2-9-3-6(11)8(12)7(5)9/h1,6-8,10-12H,2-4H2/t6-,7-,8-/m1/s1. The van der Waals surface area contributed by atoms with Crippen LogP contribution in [-0.2, 0) is 0 Å². The highest BCUT2D eigenvalue weighted by Gasteiger charge is 2.43. The van der Waals surface area contributed by atoms with Crippen molar-refractivity contribution in [3.05, 3.63) is 11.6 Å². The van der Waals surface area contributed by atoms with Gasteiger partial charge in [-0.1, -0.05) is 6.08 Å². The van der Waals surface area contributed by atoms with Gasteiger partial charge in [0, 0.05) is 13.1 Å². The fourth-order valence-electron chi connectivity index (χ4n) is 2.04. The number of aliphatic hydroxyl groups excluding tert-OH is 3. The predicted molar refractivity (Wildman–Crippen MR) is 42.5 cm³/mol. The Labute approximate surface area is 70.7 Å². The molecule has 0 unspecified atom stereocenters. The van der Waals surface area contributed by atoms with E-state index in [-0.39, 0.29) is 12.6 Å². The van der Waals surface area contributed by atoms with Gasteiger partial charge < -0.3 is 15.3 Å². The third-order valence-electron chi connectivity index (χ3n) is 2.68. The van der Waals surface area contributed by atoms with Crippen LogP contribution < -0.4 is 0 Å². The molecule has 0 radical (unpaired) electrons. The second-order valence-corrected chi connectivity index (χ2v) is 3.39. The minimum atomic E-state index is -0.731. The molecule has 0 amide bonds. The molecule has 3 N–H and O–H groups in total. The van der Waals surface area contributed by atoms with Gasteiger partial charge >= 0.3 is 0 Å². The Kier molecular flexibility index (Phi) is 1.92. The van der Waals surface area contributed by atoms with E-state index >= 15 is 0 Å². The van der Waals surface area contributed by atoms with Gasteiger partial charge in [-0.05, 0) is 5.57 Å². The summed E-state index contributed by atoms with van der Waals surface area (Å²) in [5, 5.41) is 27.8. The van der Waals surface area contributed by atoms with Gasteiger partial charge in [0.1, 0.15) is 6.10 Å². The molecule has 0 aromatic rings. The monoisotopic (exact) mass is 171 g/mol. The molecule has 0 aliphatic carbocycles. The molecular weight excluding hydrogens is 158 g/mol. The topological polar surface area (TPSA) is 63.9 Å². The van der Waals surface area contributed by atoms with Crippen LogP contribution in [0.4, 0.5) is 0 Å². The van der Waals surface area contributed by atoms with E-state index in [0.717, 1.165) is 12.1 Å². The summed E-state index contributed by atoms with van der Waals surface area (Å²) >= 11 is 0. The van der Waals surface area contributed by atoms with Crippen LogP contribution in [0, 0.1) is 0 Å². The first-order valence-electron chi connectivity index (χ1n) is 4.14. The third kappa shape index (κ3) is 0.998. The Bertz CT molecular complexity index is 216. The summed E-state index contributed by atoms with van der Waals surface area (Å²) in [6.07, 6.45) is 0.524. The maximum absolute atomic E-state index is 9.53. The molecule has 1 saturated heterocycles. The van der Waals surface area contributed by atoms with Gasteiger partial charge in [-0.25, -0.2) is 0 Å². The summed E-state index contributed by atoms with van der Waals surface area (Å²) in [6.45, 7) is 1.21. The van der Waals surface area contributed by atoms with Crippen molar-refractivity contribution in [1.82, 2.24) is 4.90 Å². The minimum Gasteiger partial charge on any atom is -0.392 e. The van der Waals surface area contributed by atoms with Crippen LogP contribution >= 0.6 is 0 Å². The molecule has 3 atom stereocenters. The molecule has 2 aliphatic rings. The Balaban J connectivity index is 2.17. The molecule has 2 rings (SSSR count). The Morgan fingerprint density at radius 2 is 2.25 bits per heavy atom. The van der Waals surface area contributed by atoms with E-state index in [1.807, 2.05) is 11.0 Å². The normalized spacial score (nSPS) is 41.6. The molecule has 0 spiro atoms. The van der Waals surface area contributed by atoms with Gasteiger partial charge in [0.15, 0.2) is 0 Å². The van der Waals surface area contributed by atoms with E-state index in [9.17, 15) is 10.2 Å². The van der Waals surface area contributed by atoms with Crippen molar-refractivity contribution >= 4 is 0 Å². The number of aliphatic hydroxyl groups is 3. The first-order chi connectivity index (χ1) is 5.74. The zero-order chi connectivity index (χ0) is 8.72. The largest absolute Gasteiger partial charge is 0.392 e. The van der Waals surface area contributed by atoms with Crippen molar-refractivity contribution in [2.24, 2.45) is 0 Å². The average Bonchev–Trinajstić information content (AvgIpc) is 2.55. The lowest BCUT2D eigenvalue weighted by Crippen LogP contribution is -2.34. The summed E-state index contributed by atoms with van der Waals surface area (Å²) in [7, 11) is 0. The number of hydrogen-bond donors (Lipinski definition) is 3. The molecule has 2 aliphatic heterocycles. The van der Waals surface area contributed by atoms with Crippen molar-refractivity contribution in [3.63, 3.8) is 0 Å². The molecular formula is C8H13NO3. The lowest BCUT2D eigenvalue weighted by Gasteiger charge is -2.19. The lowest BCUT2D eigenvalue weighted by molar-refractivity contribution is 0.0439. The van der Waals surface area contributed by atoms with Crippen molar-refractivity contribution in [1.29, 1.82) is 0 Å². The second-order valence-electron chi connectivity index (χ2n) is 3.39. The molecule has 1 fully saturated rings. The Morgan fingerprint density at radius 1 is 1.50 bits per heavy atom. The van der Waals surface area contributed by atoms with Crippen LogP contribution in [0.5, 0.6) is 0 Å². The van der Waals surface area contributed by atoms with Gasteiger partial charge in [-0.15, -0.1) is 0 Å². The summed E-state index contributed by atoms with van der Waals surface area (Å²) in [5.74, 6) is 0. The fourth-order valence-corrected chi connectivity index (χ4v) is 2.04. The zero-order valence-electron chi connectivity index (χ0n) is 6.72. The van der Waals surface area contributed by atoms with Crippen LogP contribution in [0.15, 0.2) is 11.6 Å². The van der Waals surface area contributed by atoms with E-state index in [4.69, 9.17) is 5.11 Å². The molecule has 4 nitrogen and oxygen atoms in total. The van der Waals surface area contributed by atoms with Gasteiger partial charge in [0.2, 0.25) is 0 Å². The van der Waals surface area contributed by atoms with E-state index in [2.05, 4.69) is 0 Å². The van der Waals surface area contributed by atoms with Crippen molar-refractivity contribution < 1.29 is 15.3 Å². The first kappa shape index (κ1) is 8.19. The zero-order valence-corrected chi connectivity index (χ0v) is 6.72. The number of hydrogen-bond acceptors (Lipinski definition) is 4. The Morgan fingerprint density at radius 3 is 2.92 bits per heavy atom. The molecule has 0 aromatic carbocycles. The SMILES string of the molecule is OCC1=CCN2C[C@@H](O)[C@@H](O)[C@@H]12. The quantitative estimate of drug-likeness (QED) is 0.413. The molecule has 0 saturated carbocycles. The fraction of sp³-hybridized carbons (Fsp3) is 0.750. The average molecular weight is 171 g/mol. The van der Waals surface area contributed by atoms with Crippen LogP contribution in [0.25, 0.3) is 0 Å². The maximum Gasteiger partial charge on any atom is 0.101 e. The van der Waals surface area contributed by atoms with E-state index in [1.54, 1.807) is 0 Å². The second kappa shape index (κ2) is 2.81. The Hall–Kier alpha value is -0.420. The summed E-state index contributed by atoms with van der Waals surface area (Å²) in [4.78, 5) is 1.97. The summed E-state index contributed by atoms with van der Waals surface area (Å²) in [5.41, 5.74) is 0.832. The smallest absolute Gasteiger partial charge is 0.101 e.